The molecule has 6 nitrogen and oxygen atoms in total. The summed E-state index contributed by atoms with van der Waals surface area (Å²) >= 11 is 8.81. The maximum atomic E-state index is 12.8. The molecule has 0 fully saturated rings. The van der Waals surface area contributed by atoms with E-state index in [2.05, 4.69) is 14.6 Å². The van der Waals surface area contributed by atoms with Crippen LogP contribution in [0.2, 0.25) is 5.02 Å². The van der Waals surface area contributed by atoms with Crippen LogP contribution < -0.4 is 5.56 Å². The van der Waals surface area contributed by atoms with Crippen molar-refractivity contribution in [1.29, 1.82) is 0 Å². The first-order chi connectivity index (χ1) is 11.7. The number of methoxy groups -OCH3 is 1. The topological polar surface area (TPSA) is 69.9 Å². The summed E-state index contributed by atoms with van der Waals surface area (Å²) in [6, 6.07) is 5.14. The molecule has 0 amide bonds. The molecule has 0 aliphatic heterocycles. The lowest BCUT2D eigenvalue weighted by Gasteiger charge is -2.12. The normalized spacial score (nSPS) is 11.2. The van der Waals surface area contributed by atoms with Crippen LogP contribution in [0.4, 0.5) is 0 Å². The van der Waals surface area contributed by atoms with Crippen LogP contribution >= 0.6 is 34.9 Å². The van der Waals surface area contributed by atoms with Gasteiger partial charge in [-0.05, 0) is 36.2 Å². The predicted octanol–water partition coefficient (Wildman–Crippen LogP) is 3.23. The Hall–Kier alpha value is -1.48. The minimum Gasteiger partial charge on any atom is -0.385 e. The summed E-state index contributed by atoms with van der Waals surface area (Å²) < 4.78 is 10.6. The molecule has 0 unspecified atom stereocenters. The minimum atomic E-state index is -0.0633. The minimum absolute atomic E-state index is 0.0633. The molecule has 0 atom stereocenters. The average Bonchev–Trinajstić information content (AvgIpc) is 3.08. The molecular formula is C15H15ClN4O2S2. The third-order valence-corrected chi connectivity index (χ3v) is 5.17. The van der Waals surface area contributed by atoms with Crippen LogP contribution in [0.5, 0.6) is 0 Å². The number of ether oxygens (including phenoxy) is 1. The first kappa shape index (κ1) is 17.3. The quantitative estimate of drug-likeness (QED) is 0.355. The van der Waals surface area contributed by atoms with Crippen molar-refractivity contribution >= 4 is 45.8 Å². The van der Waals surface area contributed by atoms with Gasteiger partial charge in [-0.15, -0.1) is 5.10 Å². The zero-order valence-corrected chi connectivity index (χ0v) is 15.3. The largest absolute Gasteiger partial charge is 0.385 e. The van der Waals surface area contributed by atoms with Gasteiger partial charge in [-0.3, -0.25) is 9.36 Å². The Kier molecular flexibility index (Phi) is 5.83. The second-order valence-corrected chi connectivity index (χ2v) is 7.03. The van der Waals surface area contributed by atoms with Crippen molar-refractivity contribution in [3.8, 4) is 0 Å². The van der Waals surface area contributed by atoms with Crippen LogP contribution in [0.25, 0.3) is 10.9 Å². The van der Waals surface area contributed by atoms with E-state index in [1.807, 2.05) is 5.38 Å². The maximum Gasteiger partial charge on any atom is 0.262 e. The van der Waals surface area contributed by atoms with E-state index in [1.165, 1.54) is 23.3 Å². The lowest BCUT2D eigenvalue weighted by atomic mass is 10.2. The van der Waals surface area contributed by atoms with E-state index < -0.39 is 0 Å². The molecule has 2 aromatic heterocycles. The summed E-state index contributed by atoms with van der Waals surface area (Å²) in [5, 5.41) is 7.69. The lowest BCUT2D eigenvalue weighted by Crippen LogP contribution is -2.24. The van der Waals surface area contributed by atoms with Gasteiger partial charge in [0.05, 0.1) is 16.6 Å². The van der Waals surface area contributed by atoms with E-state index in [1.54, 1.807) is 29.9 Å². The van der Waals surface area contributed by atoms with Crippen molar-refractivity contribution in [2.24, 2.45) is 0 Å². The molecule has 3 rings (SSSR count). The van der Waals surface area contributed by atoms with E-state index in [4.69, 9.17) is 16.3 Å². The molecule has 0 radical (unpaired) electrons. The van der Waals surface area contributed by atoms with Gasteiger partial charge in [0.1, 0.15) is 0 Å². The van der Waals surface area contributed by atoms with Crippen molar-refractivity contribution in [1.82, 2.24) is 19.1 Å². The number of hydrogen-bond acceptors (Lipinski definition) is 7. The average molecular weight is 383 g/mol. The Bertz CT molecular complexity index is 883. The lowest BCUT2D eigenvalue weighted by molar-refractivity contribution is 0.189. The van der Waals surface area contributed by atoms with Gasteiger partial charge in [-0.2, -0.15) is 0 Å². The smallest absolute Gasteiger partial charge is 0.262 e. The van der Waals surface area contributed by atoms with Gasteiger partial charge < -0.3 is 4.74 Å². The third kappa shape index (κ3) is 3.94. The molecule has 9 heteroatoms. The monoisotopic (exact) mass is 382 g/mol. The number of thioether (sulfide) groups is 1. The molecule has 0 saturated heterocycles. The molecule has 3 aromatic rings. The molecule has 2 heterocycles. The summed E-state index contributed by atoms with van der Waals surface area (Å²) in [5.41, 5.74) is 1.41. The zero-order valence-electron chi connectivity index (χ0n) is 12.9. The standard InChI is InChI=1S/C15H15ClN4O2S2/c1-22-6-2-5-20-14(21)12-4-3-10(16)7-13(12)17-15(20)23-8-11-9-24-19-18-11/h3-4,7,9H,2,5-6,8H2,1H3. The van der Waals surface area contributed by atoms with E-state index in [0.717, 1.165) is 12.1 Å². The van der Waals surface area contributed by atoms with Crippen LogP contribution in [0, 0.1) is 0 Å². The van der Waals surface area contributed by atoms with Crippen molar-refractivity contribution in [2.45, 2.75) is 23.9 Å². The van der Waals surface area contributed by atoms with E-state index in [9.17, 15) is 4.79 Å². The fourth-order valence-corrected chi connectivity index (χ4v) is 3.87. The van der Waals surface area contributed by atoms with Crippen molar-refractivity contribution in [3.05, 3.63) is 44.6 Å². The highest BCUT2D eigenvalue weighted by atomic mass is 35.5. The predicted molar refractivity (Wildman–Crippen MR) is 97.0 cm³/mol. The number of aromatic nitrogens is 4. The molecular weight excluding hydrogens is 368 g/mol. The second-order valence-electron chi connectivity index (χ2n) is 5.04. The fourth-order valence-electron chi connectivity index (χ4n) is 2.23. The first-order valence-electron chi connectivity index (χ1n) is 7.27. The maximum absolute atomic E-state index is 12.8. The summed E-state index contributed by atoms with van der Waals surface area (Å²) in [4.78, 5) is 17.4. The third-order valence-electron chi connectivity index (χ3n) is 3.37. The highest BCUT2D eigenvalue weighted by molar-refractivity contribution is 7.98. The number of hydrogen-bond donors (Lipinski definition) is 0. The molecule has 0 saturated carbocycles. The van der Waals surface area contributed by atoms with Crippen molar-refractivity contribution in [2.75, 3.05) is 13.7 Å². The van der Waals surface area contributed by atoms with Crippen LogP contribution in [0.1, 0.15) is 12.1 Å². The first-order valence-corrected chi connectivity index (χ1v) is 9.47. The van der Waals surface area contributed by atoms with Crippen LogP contribution in [0.3, 0.4) is 0 Å². The van der Waals surface area contributed by atoms with Gasteiger partial charge in [0, 0.05) is 36.4 Å². The molecule has 0 bridgehead atoms. The summed E-state index contributed by atoms with van der Waals surface area (Å²) in [6.07, 6.45) is 0.739. The SMILES string of the molecule is COCCCn1c(SCc2csnn2)nc2cc(Cl)ccc2c1=O. The zero-order chi connectivity index (χ0) is 16.9. The number of benzene rings is 1. The van der Waals surface area contributed by atoms with Gasteiger partial charge in [-0.1, -0.05) is 27.9 Å². The fraction of sp³-hybridized carbons (Fsp3) is 0.333. The summed E-state index contributed by atoms with van der Waals surface area (Å²) in [6.45, 7) is 1.14. The van der Waals surface area contributed by atoms with E-state index >= 15 is 0 Å². The van der Waals surface area contributed by atoms with Crippen LogP contribution in [0.15, 0.2) is 33.5 Å². The van der Waals surface area contributed by atoms with Gasteiger partial charge in [-0.25, -0.2) is 4.98 Å². The number of rotatable bonds is 7. The van der Waals surface area contributed by atoms with Crippen molar-refractivity contribution in [3.63, 3.8) is 0 Å². The molecule has 0 spiro atoms. The Morgan fingerprint density at radius 2 is 2.29 bits per heavy atom. The Labute approximate surface area is 152 Å². The number of halogens is 1. The van der Waals surface area contributed by atoms with Crippen molar-refractivity contribution < 1.29 is 4.74 Å². The number of fused-ring (bicyclic) bond motifs is 1. The molecule has 0 N–H and O–H groups in total. The van der Waals surface area contributed by atoms with Gasteiger partial charge in [0.2, 0.25) is 0 Å². The highest BCUT2D eigenvalue weighted by Crippen LogP contribution is 2.23. The van der Waals surface area contributed by atoms with Crippen LogP contribution in [-0.2, 0) is 17.0 Å². The summed E-state index contributed by atoms with van der Waals surface area (Å²) in [5.74, 6) is 0.610. The summed E-state index contributed by atoms with van der Waals surface area (Å²) in [7, 11) is 1.65. The molecule has 24 heavy (non-hydrogen) atoms. The van der Waals surface area contributed by atoms with Gasteiger partial charge in [0.25, 0.3) is 5.56 Å². The molecule has 0 aliphatic carbocycles. The molecule has 1 aromatic carbocycles. The van der Waals surface area contributed by atoms with Gasteiger partial charge in [0.15, 0.2) is 5.16 Å². The molecule has 126 valence electrons. The Morgan fingerprint density at radius 3 is 3.04 bits per heavy atom. The van der Waals surface area contributed by atoms with Crippen LogP contribution in [-0.4, -0.2) is 32.9 Å². The van der Waals surface area contributed by atoms with Gasteiger partial charge >= 0.3 is 0 Å². The van der Waals surface area contributed by atoms with E-state index in [-0.39, 0.29) is 5.56 Å². The second kappa shape index (κ2) is 8.06. The van der Waals surface area contributed by atoms with E-state index in [0.29, 0.717) is 40.0 Å². The molecule has 0 aliphatic rings. The Morgan fingerprint density at radius 1 is 1.42 bits per heavy atom. The Balaban J connectivity index is 1.98. The highest BCUT2D eigenvalue weighted by Gasteiger charge is 2.12. The number of nitrogens with zero attached hydrogens (tertiary/aromatic N) is 4.